The summed E-state index contributed by atoms with van der Waals surface area (Å²) in [5, 5.41) is 11.1. The summed E-state index contributed by atoms with van der Waals surface area (Å²) < 4.78 is 9.29. The van der Waals surface area contributed by atoms with Crippen LogP contribution in [0.15, 0.2) is 0 Å². The van der Waals surface area contributed by atoms with Crippen molar-refractivity contribution in [2.45, 2.75) is 44.9 Å². The molecule has 0 bridgehead atoms. The van der Waals surface area contributed by atoms with Crippen molar-refractivity contribution < 1.29 is 29.0 Å². The van der Waals surface area contributed by atoms with E-state index in [1.807, 2.05) is 0 Å². The standard InChI is InChI=1S/C11H20N2O6/c1-11(2,3)19-10(17)13-7(8(14)15)5-6(12)9(16)18-4/h6-7H,5,12H2,1-4H3,(H,13,17)(H,14,15). The van der Waals surface area contributed by atoms with Gasteiger partial charge in [-0.2, -0.15) is 0 Å². The van der Waals surface area contributed by atoms with Crippen LogP contribution in [0, 0.1) is 0 Å². The van der Waals surface area contributed by atoms with Crippen molar-refractivity contribution in [1.82, 2.24) is 5.32 Å². The summed E-state index contributed by atoms with van der Waals surface area (Å²) in [6.07, 6.45) is -1.18. The Morgan fingerprint density at radius 3 is 2.21 bits per heavy atom. The normalized spacial score (nSPS) is 14.2. The van der Waals surface area contributed by atoms with Gasteiger partial charge in [0.05, 0.1) is 7.11 Å². The number of carbonyl (C=O) groups excluding carboxylic acids is 2. The van der Waals surface area contributed by atoms with Crippen LogP contribution in [0.25, 0.3) is 0 Å². The zero-order valence-corrected chi connectivity index (χ0v) is 11.4. The van der Waals surface area contributed by atoms with Crippen molar-refractivity contribution in [3.63, 3.8) is 0 Å². The van der Waals surface area contributed by atoms with E-state index in [-0.39, 0.29) is 6.42 Å². The first kappa shape index (κ1) is 17.2. The number of esters is 1. The molecule has 110 valence electrons. The molecule has 0 aliphatic carbocycles. The van der Waals surface area contributed by atoms with Crippen LogP contribution in [0.3, 0.4) is 0 Å². The number of hydrogen-bond donors (Lipinski definition) is 3. The summed E-state index contributed by atoms with van der Waals surface area (Å²) in [5.41, 5.74) is 4.69. The molecule has 0 saturated heterocycles. The van der Waals surface area contributed by atoms with Gasteiger partial charge in [0, 0.05) is 6.42 Å². The molecule has 2 atom stereocenters. The lowest BCUT2D eigenvalue weighted by atomic mass is 10.1. The fraction of sp³-hybridized carbons (Fsp3) is 0.727. The number of aliphatic carboxylic acids is 1. The van der Waals surface area contributed by atoms with E-state index in [1.54, 1.807) is 20.8 Å². The number of carboxylic acids is 1. The fourth-order valence-corrected chi connectivity index (χ4v) is 1.17. The Balaban J connectivity index is 4.55. The summed E-state index contributed by atoms with van der Waals surface area (Å²) in [6.45, 7) is 4.92. The number of hydrogen-bond acceptors (Lipinski definition) is 6. The molecule has 0 radical (unpaired) electrons. The Morgan fingerprint density at radius 1 is 1.32 bits per heavy atom. The lowest BCUT2D eigenvalue weighted by Crippen LogP contribution is -2.48. The molecular formula is C11H20N2O6. The predicted octanol–water partition coefficient (Wildman–Crippen LogP) is -0.145. The van der Waals surface area contributed by atoms with Gasteiger partial charge < -0.3 is 25.6 Å². The van der Waals surface area contributed by atoms with Gasteiger partial charge in [-0.05, 0) is 20.8 Å². The molecule has 0 spiro atoms. The van der Waals surface area contributed by atoms with E-state index < -0.39 is 35.7 Å². The molecule has 0 aliphatic rings. The van der Waals surface area contributed by atoms with Crippen LogP contribution in [0.4, 0.5) is 4.79 Å². The van der Waals surface area contributed by atoms with Gasteiger partial charge in [0.25, 0.3) is 0 Å². The largest absolute Gasteiger partial charge is 0.480 e. The lowest BCUT2D eigenvalue weighted by Gasteiger charge is -2.22. The Labute approximate surface area is 111 Å². The van der Waals surface area contributed by atoms with Gasteiger partial charge in [0.1, 0.15) is 17.7 Å². The van der Waals surface area contributed by atoms with E-state index in [0.717, 1.165) is 7.11 Å². The number of carbonyl (C=O) groups is 3. The third kappa shape index (κ3) is 7.24. The lowest BCUT2D eigenvalue weighted by molar-refractivity contribution is -0.143. The average molecular weight is 276 g/mol. The van der Waals surface area contributed by atoms with E-state index in [1.165, 1.54) is 0 Å². The Kier molecular flexibility index (Phi) is 6.26. The maximum atomic E-state index is 11.4. The fourth-order valence-electron chi connectivity index (χ4n) is 1.17. The second kappa shape index (κ2) is 6.93. The van der Waals surface area contributed by atoms with Crippen molar-refractivity contribution in [1.29, 1.82) is 0 Å². The third-order valence-electron chi connectivity index (χ3n) is 1.98. The highest BCUT2D eigenvalue weighted by atomic mass is 16.6. The van der Waals surface area contributed by atoms with Crippen LogP contribution in [0.1, 0.15) is 27.2 Å². The molecule has 8 heteroatoms. The number of nitrogens with two attached hydrogens (primary N) is 1. The van der Waals surface area contributed by atoms with Gasteiger partial charge in [0.2, 0.25) is 0 Å². The summed E-state index contributed by atoms with van der Waals surface area (Å²) >= 11 is 0. The molecule has 0 heterocycles. The van der Waals surface area contributed by atoms with Crippen LogP contribution in [0.5, 0.6) is 0 Å². The van der Waals surface area contributed by atoms with E-state index >= 15 is 0 Å². The highest BCUT2D eigenvalue weighted by Crippen LogP contribution is 2.08. The van der Waals surface area contributed by atoms with E-state index in [4.69, 9.17) is 15.6 Å². The number of nitrogens with one attached hydrogen (secondary N) is 1. The molecular weight excluding hydrogens is 256 g/mol. The second-order valence-corrected chi connectivity index (χ2v) is 4.90. The number of methoxy groups -OCH3 is 1. The number of amides is 1. The van der Waals surface area contributed by atoms with Gasteiger partial charge in [-0.1, -0.05) is 0 Å². The first-order valence-electron chi connectivity index (χ1n) is 5.62. The molecule has 0 aromatic carbocycles. The van der Waals surface area contributed by atoms with Crippen molar-refractivity contribution in [3.05, 3.63) is 0 Å². The number of rotatable bonds is 5. The number of alkyl carbamates (subject to hydrolysis) is 1. The average Bonchev–Trinajstić information content (AvgIpc) is 2.24. The van der Waals surface area contributed by atoms with Crippen molar-refractivity contribution in [2.24, 2.45) is 5.73 Å². The maximum Gasteiger partial charge on any atom is 0.408 e. The first-order chi connectivity index (χ1) is 8.56. The van der Waals surface area contributed by atoms with Crippen LogP contribution in [-0.2, 0) is 19.1 Å². The van der Waals surface area contributed by atoms with Gasteiger partial charge in [-0.15, -0.1) is 0 Å². The molecule has 0 aromatic rings. The maximum absolute atomic E-state index is 11.4. The first-order valence-corrected chi connectivity index (χ1v) is 5.62. The smallest absolute Gasteiger partial charge is 0.408 e. The van der Waals surface area contributed by atoms with Gasteiger partial charge in [-0.3, -0.25) is 4.79 Å². The molecule has 2 unspecified atom stereocenters. The molecule has 19 heavy (non-hydrogen) atoms. The minimum atomic E-state index is -1.33. The van der Waals surface area contributed by atoms with Gasteiger partial charge in [0.15, 0.2) is 0 Å². The number of carboxylic acid groups (broad SMARTS) is 1. The molecule has 0 aromatic heterocycles. The van der Waals surface area contributed by atoms with Crippen LogP contribution in [-0.4, -0.2) is 47.9 Å². The van der Waals surface area contributed by atoms with Crippen molar-refractivity contribution in [3.8, 4) is 0 Å². The second-order valence-electron chi connectivity index (χ2n) is 4.90. The van der Waals surface area contributed by atoms with Crippen molar-refractivity contribution in [2.75, 3.05) is 7.11 Å². The molecule has 0 saturated carbocycles. The summed E-state index contributed by atoms with van der Waals surface area (Å²) in [4.78, 5) is 33.5. The van der Waals surface area contributed by atoms with E-state index in [2.05, 4.69) is 10.1 Å². The summed E-state index contributed by atoms with van der Waals surface area (Å²) in [7, 11) is 1.14. The Morgan fingerprint density at radius 2 is 1.84 bits per heavy atom. The zero-order valence-electron chi connectivity index (χ0n) is 11.4. The highest BCUT2D eigenvalue weighted by Gasteiger charge is 2.28. The van der Waals surface area contributed by atoms with E-state index in [9.17, 15) is 14.4 Å². The predicted molar refractivity (Wildman–Crippen MR) is 65.4 cm³/mol. The molecule has 0 rings (SSSR count). The molecule has 8 nitrogen and oxygen atoms in total. The molecule has 0 aliphatic heterocycles. The number of ether oxygens (including phenoxy) is 2. The summed E-state index contributed by atoms with van der Waals surface area (Å²) in [6, 6.07) is -2.47. The minimum absolute atomic E-state index is 0.290. The molecule has 1 amide bonds. The van der Waals surface area contributed by atoms with Crippen LogP contribution in [0.2, 0.25) is 0 Å². The molecule has 4 N–H and O–H groups in total. The third-order valence-corrected chi connectivity index (χ3v) is 1.98. The Bertz CT molecular complexity index is 350. The van der Waals surface area contributed by atoms with Gasteiger partial charge >= 0.3 is 18.0 Å². The van der Waals surface area contributed by atoms with Crippen LogP contribution >= 0.6 is 0 Å². The zero-order chi connectivity index (χ0) is 15.2. The monoisotopic (exact) mass is 276 g/mol. The quantitative estimate of drug-likeness (QED) is 0.596. The Hall–Kier alpha value is -1.83. The molecule has 0 fully saturated rings. The van der Waals surface area contributed by atoms with Crippen LogP contribution < -0.4 is 11.1 Å². The van der Waals surface area contributed by atoms with Gasteiger partial charge in [-0.25, -0.2) is 9.59 Å². The summed E-state index contributed by atoms with van der Waals surface area (Å²) in [5.74, 6) is -2.07. The minimum Gasteiger partial charge on any atom is -0.480 e. The van der Waals surface area contributed by atoms with E-state index in [0.29, 0.717) is 0 Å². The van der Waals surface area contributed by atoms with Crippen molar-refractivity contribution >= 4 is 18.0 Å². The highest BCUT2D eigenvalue weighted by molar-refractivity contribution is 5.82. The topological polar surface area (TPSA) is 128 Å². The SMILES string of the molecule is COC(=O)C(N)CC(NC(=O)OC(C)(C)C)C(=O)O.